The second kappa shape index (κ2) is 10.6. The number of nitrogens with one attached hydrogen (secondary N) is 3. The molecule has 3 amide bonds. The van der Waals surface area contributed by atoms with Crippen molar-refractivity contribution in [3.05, 3.63) is 52.2 Å². The van der Waals surface area contributed by atoms with Crippen LogP contribution in [0.1, 0.15) is 22.2 Å². The molecule has 9 nitrogen and oxygen atoms in total. The Kier molecular flexibility index (Phi) is 7.88. The zero-order valence-electron chi connectivity index (χ0n) is 15.4. The predicted molar refractivity (Wildman–Crippen MR) is 105 cm³/mol. The van der Waals surface area contributed by atoms with Gasteiger partial charge in [-0.3, -0.25) is 19.2 Å². The lowest BCUT2D eigenvalue weighted by atomic mass is 10.2. The number of carbonyl (C=O) groups excluding carboxylic acids is 4. The summed E-state index contributed by atoms with van der Waals surface area (Å²) in [6.07, 6.45) is -1.09. The van der Waals surface area contributed by atoms with Crippen LogP contribution in [0.4, 0.5) is 5.69 Å². The fourth-order valence-electron chi connectivity index (χ4n) is 2.05. The molecule has 0 unspecified atom stereocenters. The normalized spacial score (nSPS) is 10.9. The van der Waals surface area contributed by atoms with E-state index in [4.69, 9.17) is 10.00 Å². The van der Waals surface area contributed by atoms with Gasteiger partial charge in [-0.1, -0.05) is 6.07 Å². The molecule has 0 bridgehead atoms. The van der Waals surface area contributed by atoms with E-state index in [0.29, 0.717) is 16.1 Å². The summed E-state index contributed by atoms with van der Waals surface area (Å²) in [4.78, 5) is 47.7. The van der Waals surface area contributed by atoms with Crippen LogP contribution in [0.25, 0.3) is 0 Å². The lowest BCUT2D eigenvalue weighted by molar-refractivity contribution is -0.152. The molecule has 0 saturated carbocycles. The van der Waals surface area contributed by atoms with E-state index < -0.39 is 30.4 Å². The van der Waals surface area contributed by atoms with E-state index >= 15 is 0 Å². The molecule has 1 aromatic carbocycles. The van der Waals surface area contributed by atoms with Crippen LogP contribution in [0.15, 0.2) is 41.8 Å². The highest BCUT2D eigenvalue weighted by Crippen LogP contribution is 2.10. The number of nitriles is 1. The number of ether oxygens (including phenoxy) is 1. The minimum atomic E-state index is -1.09. The van der Waals surface area contributed by atoms with Crippen LogP contribution in [0.5, 0.6) is 0 Å². The third kappa shape index (κ3) is 7.08. The lowest BCUT2D eigenvalue weighted by Gasteiger charge is -2.14. The summed E-state index contributed by atoms with van der Waals surface area (Å²) in [5.74, 6) is -2.31. The van der Waals surface area contributed by atoms with Crippen molar-refractivity contribution in [1.29, 1.82) is 5.26 Å². The summed E-state index contributed by atoms with van der Waals surface area (Å²) in [5, 5.41) is 17.8. The Morgan fingerprint density at radius 2 is 1.83 bits per heavy atom. The van der Waals surface area contributed by atoms with Crippen molar-refractivity contribution in [3.63, 3.8) is 0 Å². The first-order valence-corrected chi connectivity index (χ1v) is 9.36. The number of amides is 3. The molecule has 1 atom stereocenters. The number of benzene rings is 1. The number of rotatable bonds is 8. The number of anilines is 1. The topological polar surface area (TPSA) is 137 Å². The molecule has 0 aliphatic rings. The smallest absolute Gasteiger partial charge is 0.326 e. The van der Waals surface area contributed by atoms with Crippen LogP contribution in [0, 0.1) is 11.3 Å². The standard InChI is InChI=1S/C19H18N4O5S/c1-12(18(26)23-14-6-4-13(9-20)5-7-14)28-17(25)11-21-16(24)10-22-19(27)15-3-2-8-29-15/h2-8,12H,10-11H2,1H3,(H,21,24)(H,22,27)(H,23,26)/t12-/m1/s1. The van der Waals surface area contributed by atoms with Crippen molar-refractivity contribution < 1.29 is 23.9 Å². The highest BCUT2D eigenvalue weighted by Gasteiger charge is 2.18. The van der Waals surface area contributed by atoms with Gasteiger partial charge in [0, 0.05) is 5.69 Å². The van der Waals surface area contributed by atoms with Gasteiger partial charge in [0.25, 0.3) is 11.8 Å². The van der Waals surface area contributed by atoms with E-state index in [9.17, 15) is 19.2 Å². The number of carbonyl (C=O) groups is 4. The molecular formula is C19H18N4O5S. The van der Waals surface area contributed by atoms with Crippen molar-refractivity contribution in [2.24, 2.45) is 0 Å². The van der Waals surface area contributed by atoms with Gasteiger partial charge in [-0.05, 0) is 42.6 Å². The first kappa shape index (κ1) is 21.6. The Morgan fingerprint density at radius 3 is 2.45 bits per heavy atom. The summed E-state index contributed by atoms with van der Waals surface area (Å²) in [5.41, 5.74) is 0.900. The van der Waals surface area contributed by atoms with Crippen LogP contribution in [-0.4, -0.2) is 42.9 Å². The van der Waals surface area contributed by atoms with Gasteiger partial charge in [-0.15, -0.1) is 11.3 Å². The molecule has 10 heteroatoms. The van der Waals surface area contributed by atoms with Crippen LogP contribution < -0.4 is 16.0 Å². The SMILES string of the molecule is C[C@@H](OC(=O)CNC(=O)CNC(=O)c1cccs1)C(=O)Nc1ccc(C#N)cc1. The molecule has 1 aromatic heterocycles. The zero-order valence-corrected chi connectivity index (χ0v) is 16.2. The van der Waals surface area contributed by atoms with Crippen molar-refractivity contribution in [2.45, 2.75) is 13.0 Å². The minimum Gasteiger partial charge on any atom is -0.451 e. The Hall–Kier alpha value is -3.71. The highest BCUT2D eigenvalue weighted by molar-refractivity contribution is 7.12. The Bertz CT molecular complexity index is 919. The summed E-state index contributed by atoms with van der Waals surface area (Å²) in [7, 11) is 0. The second-order valence-corrected chi connectivity index (χ2v) is 6.69. The highest BCUT2D eigenvalue weighted by atomic mass is 32.1. The van der Waals surface area contributed by atoms with Gasteiger partial charge < -0.3 is 20.7 Å². The lowest BCUT2D eigenvalue weighted by Crippen LogP contribution is -2.40. The molecule has 1 heterocycles. The fourth-order valence-corrected chi connectivity index (χ4v) is 2.69. The van der Waals surface area contributed by atoms with Gasteiger partial charge in [-0.25, -0.2) is 0 Å². The maximum Gasteiger partial charge on any atom is 0.326 e. The molecule has 3 N–H and O–H groups in total. The fraction of sp³-hybridized carbons (Fsp3) is 0.211. The Morgan fingerprint density at radius 1 is 1.10 bits per heavy atom. The third-order valence-corrected chi connectivity index (χ3v) is 4.41. The molecule has 0 aliphatic heterocycles. The van der Waals surface area contributed by atoms with E-state index in [0.717, 1.165) is 0 Å². The van der Waals surface area contributed by atoms with Gasteiger partial charge in [0.1, 0.15) is 6.54 Å². The molecule has 150 valence electrons. The maximum absolute atomic E-state index is 12.0. The molecular weight excluding hydrogens is 396 g/mol. The van der Waals surface area contributed by atoms with Crippen molar-refractivity contribution in [1.82, 2.24) is 10.6 Å². The molecule has 0 aliphatic carbocycles. The first-order valence-electron chi connectivity index (χ1n) is 8.48. The molecule has 0 spiro atoms. The van der Waals surface area contributed by atoms with Gasteiger partial charge >= 0.3 is 5.97 Å². The Labute approximate surface area is 170 Å². The summed E-state index contributed by atoms with van der Waals surface area (Å²) < 4.78 is 4.96. The van der Waals surface area contributed by atoms with Crippen LogP contribution in [-0.2, 0) is 19.1 Å². The zero-order chi connectivity index (χ0) is 21.2. The largest absolute Gasteiger partial charge is 0.451 e. The van der Waals surface area contributed by atoms with Crippen molar-refractivity contribution >= 4 is 40.7 Å². The Balaban J connectivity index is 1.69. The number of hydrogen-bond acceptors (Lipinski definition) is 7. The summed E-state index contributed by atoms with van der Waals surface area (Å²) in [6, 6.07) is 11.5. The summed E-state index contributed by atoms with van der Waals surface area (Å²) >= 11 is 1.24. The number of thiophene rings is 1. The van der Waals surface area contributed by atoms with E-state index in [1.807, 2.05) is 6.07 Å². The molecule has 2 aromatic rings. The van der Waals surface area contributed by atoms with Crippen LogP contribution >= 0.6 is 11.3 Å². The molecule has 0 radical (unpaired) electrons. The van der Waals surface area contributed by atoms with E-state index in [-0.39, 0.29) is 12.5 Å². The van der Waals surface area contributed by atoms with Crippen LogP contribution in [0.3, 0.4) is 0 Å². The van der Waals surface area contributed by atoms with E-state index in [1.54, 1.807) is 41.8 Å². The van der Waals surface area contributed by atoms with E-state index in [2.05, 4.69) is 16.0 Å². The molecule has 0 saturated heterocycles. The number of esters is 1. The number of hydrogen-bond donors (Lipinski definition) is 3. The van der Waals surface area contributed by atoms with Gasteiger partial charge in [0.05, 0.1) is 23.1 Å². The van der Waals surface area contributed by atoms with Gasteiger partial charge in [0.2, 0.25) is 5.91 Å². The average molecular weight is 414 g/mol. The second-order valence-electron chi connectivity index (χ2n) is 5.75. The molecule has 0 fully saturated rings. The van der Waals surface area contributed by atoms with Gasteiger partial charge in [0.15, 0.2) is 6.10 Å². The summed E-state index contributed by atoms with van der Waals surface area (Å²) in [6.45, 7) is 0.654. The third-order valence-electron chi connectivity index (χ3n) is 3.54. The molecule has 2 rings (SSSR count). The monoisotopic (exact) mass is 414 g/mol. The molecule has 29 heavy (non-hydrogen) atoms. The quantitative estimate of drug-likeness (QED) is 0.552. The van der Waals surface area contributed by atoms with E-state index in [1.165, 1.54) is 18.3 Å². The average Bonchev–Trinajstić information content (AvgIpc) is 3.26. The van der Waals surface area contributed by atoms with Crippen molar-refractivity contribution in [3.8, 4) is 6.07 Å². The predicted octanol–water partition coefficient (Wildman–Crippen LogP) is 1.04. The minimum absolute atomic E-state index is 0.293. The number of nitrogens with zero attached hydrogens (tertiary/aromatic N) is 1. The van der Waals surface area contributed by atoms with Crippen molar-refractivity contribution in [2.75, 3.05) is 18.4 Å². The van der Waals surface area contributed by atoms with Crippen LogP contribution in [0.2, 0.25) is 0 Å². The first-order chi connectivity index (χ1) is 13.9. The van der Waals surface area contributed by atoms with Gasteiger partial charge in [-0.2, -0.15) is 5.26 Å². The maximum atomic E-state index is 12.0.